The first-order chi connectivity index (χ1) is 17.6. The van der Waals surface area contributed by atoms with E-state index in [2.05, 4.69) is 43.1 Å². The minimum atomic E-state index is -0.489. The molecule has 0 radical (unpaired) electrons. The number of aliphatic hydroxyl groups is 1. The summed E-state index contributed by atoms with van der Waals surface area (Å²) in [5, 5.41) is 33.1. The molecule has 11 nitrogen and oxygen atoms in total. The topological polar surface area (TPSA) is 146 Å². The van der Waals surface area contributed by atoms with Crippen LogP contribution >= 0.6 is 0 Å². The Kier molecular flexibility index (Phi) is 10.7. The maximum absolute atomic E-state index is 13.2. The van der Waals surface area contributed by atoms with E-state index in [1.807, 2.05) is 0 Å². The molecular formula is C25H46N8O3. The molecule has 0 aromatic rings. The molecule has 11 heteroatoms. The van der Waals surface area contributed by atoms with Crippen molar-refractivity contribution in [2.75, 3.05) is 40.0 Å². The van der Waals surface area contributed by atoms with Gasteiger partial charge >= 0.3 is 0 Å². The van der Waals surface area contributed by atoms with Crippen molar-refractivity contribution < 1.29 is 14.6 Å². The lowest BCUT2D eigenvalue weighted by Crippen LogP contribution is -2.59. The lowest BCUT2D eigenvalue weighted by atomic mass is 9.80. The minimum Gasteiger partial charge on any atom is -0.395 e. The van der Waals surface area contributed by atoms with Gasteiger partial charge in [0.25, 0.3) is 0 Å². The zero-order chi connectivity index (χ0) is 25.3. The molecule has 8 atom stereocenters. The quantitative estimate of drug-likeness (QED) is 0.203. The second-order valence-corrected chi connectivity index (χ2v) is 10.8. The molecule has 0 aromatic heterocycles. The van der Waals surface area contributed by atoms with Crippen LogP contribution in [0.15, 0.2) is 0 Å². The number of aliphatic hydroxyl groups excluding tert-OH is 1. The number of β-amino-alcohol motifs (C(OH)–C–C–N with tert-alkyl or cyclic N) is 1. The third kappa shape index (κ3) is 6.94. The van der Waals surface area contributed by atoms with Crippen LogP contribution in [0.25, 0.3) is 0 Å². The summed E-state index contributed by atoms with van der Waals surface area (Å²) < 4.78 is 5.63. The molecule has 7 unspecified atom stereocenters. The van der Waals surface area contributed by atoms with E-state index in [9.17, 15) is 15.2 Å². The molecule has 7 N–H and O–H groups in total. The van der Waals surface area contributed by atoms with Crippen LogP contribution in [0, 0.1) is 23.2 Å². The molecule has 0 bridgehead atoms. The summed E-state index contributed by atoms with van der Waals surface area (Å²) in [5.41, 5.74) is 6.83. The Morgan fingerprint density at radius 3 is 2.81 bits per heavy atom. The first-order valence-electron chi connectivity index (χ1n) is 13.9. The maximum atomic E-state index is 13.2. The normalized spacial score (nSPS) is 36.8. The molecule has 4 aliphatic rings. The zero-order valence-electron chi connectivity index (χ0n) is 21.7. The summed E-state index contributed by atoms with van der Waals surface area (Å²) in [5.74, 6) is -0.00397. The van der Waals surface area contributed by atoms with Crippen LogP contribution < -0.4 is 32.1 Å². The van der Waals surface area contributed by atoms with Gasteiger partial charge in [0.15, 0.2) is 0 Å². The van der Waals surface area contributed by atoms with Gasteiger partial charge in [-0.3, -0.25) is 15.0 Å². The molecule has 2 heterocycles. The van der Waals surface area contributed by atoms with Gasteiger partial charge in [-0.2, -0.15) is 5.26 Å². The van der Waals surface area contributed by atoms with E-state index in [4.69, 9.17) is 4.74 Å². The Bertz CT molecular complexity index is 731. The van der Waals surface area contributed by atoms with Crippen molar-refractivity contribution in [3.8, 4) is 6.07 Å². The van der Waals surface area contributed by atoms with Gasteiger partial charge < -0.3 is 25.8 Å². The number of hydrogen-bond donors (Lipinski definition) is 7. The van der Waals surface area contributed by atoms with Gasteiger partial charge in [-0.25, -0.2) is 10.9 Å². The number of nitrogens with one attached hydrogen (secondary N) is 6. The molecule has 4 rings (SSSR count). The minimum absolute atomic E-state index is 0.00749. The fraction of sp³-hybridized carbons (Fsp3) is 0.920. The van der Waals surface area contributed by atoms with Crippen LogP contribution in [0.5, 0.6) is 0 Å². The van der Waals surface area contributed by atoms with Crippen LogP contribution in [-0.2, 0) is 9.53 Å². The van der Waals surface area contributed by atoms with E-state index in [0.29, 0.717) is 12.6 Å². The van der Waals surface area contributed by atoms with Crippen molar-refractivity contribution in [3.05, 3.63) is 0 Å². The Morgan fingerprint density at radius 2 is 2.06 bits per heavy atom. The summed E-state index contributed by atoms with van der Waals surface area (Å²) >= 11 is 0. The molecule has 204 valence electrons. The van der Waals surface area contributed by atoms with Crippen LogP contribution in [0.2, 0.25) is 0 Å². The highest BCUT2D eigenvalue weighted by atomic mass is 16.5. The third-order valence-electron chi connectivity index (χ3n) is 8.58. The lowest BCUT2D eigenvalue weighted by Gasteiger charge is -2.36. The number of methoxy groups -OCH3 is 1. The number of ether oxygens (including phenoxy) is 1. The van der Waals surface area contributed by atoms with E-state index in [1.165, 1.54) is 0 Å². The Labute approximate surface area is 215 Å². The second kappa shape index (κ2) is 14.0. The van der Waals surface area contributed by atoms with Crippen LogP contribution in [0.3, 0.4) is 0 Å². The second-order valence-electron chi connectivity index (χ2n) is 10.8. The number of rotatable bonds is 10. The van der Waals surface area contributed by atoms with Gasteiger partial charge in [0, 0.05) is 50.8 Å². The highest BCUT2D eigenvalue weighted by Gasteiger charge is 2.39. The molecule has 2 aliphatic heterocycles. The fourth-order valence-electron chi connectivity index (χ4n) is 6.57. The monoisotopic (exact) mass is 506 g/mol. The maximum Gasteiger partial charge on any atom is 0.224 e. The van der Waals surface area contributed by atoms with Crippen molar-refractivity contribution in [1.29, 1.82) is 5.26 Å². The summed E-state index contributed by atoms with van der Waals surface area (Å²) in [6.07, 6.45) is 9.01. The molecule has 2 saturated carbocycles. The fourth-order valence-corrected chi connectivity index (χ4v) is 6.57. The number of hydrazine groups is 1. The molecular weight excluding hydrogens is 460 g/mol. The average molecular weight is 507 g/mol. The van der Waals surface area contributed by atoms with Gasteiger partial charge in [0.2, 0.25) is 5.91 Å². The van der Waals surface area contributed by atoms with E-state index >= 15 is 0 Å². The van der Waals surface area contributed by atoms with Crippen molar-refractivity contribution in [2.45, 2.75) is 94.3 Å². The van der Waals surface area contributed by atoms with E-state index < -0.39 is 6.04 Å². The number of carbonyl (C=O) groups excluding carboxylic acids is 1. The first-order valence-corrected chi connectivity index (χ1v) is 13.9. The van der Waals surface area contributed by atoms with Gasteiger partial charge in [0.05, 0.1) is 31.1 Å². The largest absolute Gasteiger partial charge is 0.395 e. The first kappa shape index (κ1) is 27.7. The highest BCUT2D eigenvalue weighted by molar-refractivity contribution is 5.79. The van der Waals surface area contributed by atoms with Crippen LogP contribution in [0.1, 0.15) is 57.8 Å². The average Bonchev–Trinajstić information content (AvgIpc) is 3.33. The summed E-state index contributed by atoms with van der Waals surface area (Å²) in [6.45, 7) is 3.21. The highest BCUT2D eigenvalue weighted by Crippen LogP contribution is 2.30. The van der Waals surface area contributed by atoms with Gasteiger partial charge in [0.1, 0.15) is 6.04 Å². The SMILES string of the molecule is COC1CCCCC1[C@H](C#N)NC(=O)C1CCCC(NCC2NNC(C3CCNCN3)N2CCO)C1. The molecule has 2 aliphatic carbocycles. The molecule has 1 amide bonds. The van der Waals surface area contributed by atoms with Crippen molar-refractivity contribution >= 4 is 5.91 Å². The van der Waals surface area contributed by atoms with Gasteiger partial charge in [-0.15, -0.1) is 0 Å². The van der Waals surface area contributed by atoms with Gasteiger partial charge in [-0.05, 0) is 45.1 Å². The van der Waals surface area contributed by atoms with Crippen molar-refractivity contribution in [2.24, 2.45) is 11.8 Å². The number of carbonyl (C=O) groups is 1. The van der Waals surface area contributed by atoms with E-state index in [0.717, 1.165) is 77.5 Å². The number of amides is 1. The van der Waals surface area contributed by atoms with Crippen molar-refractivity contribution in [3.63, 3.8) is 0 Å². The predicted octanol–water partition coefficient (Wildman–Crippen LogP) is -0.688. The Balaban J connectivity index is 1.27. The smallest absolute Gasteiger partial charge is 0.224 e. The Hall–Kier alpha value is -1.36. The molecule has 4 fully saturated rings. The van der Waals surface area contributed by atoms with E-state index in [1.54, 1.807) is 7.11 Å². The summed E-state index contributed by atoms with van der Waals surface area (Å²) in [7, 11) is 1.71. The number of nitrogens with zero attached hydrogens (tertiary/aromatic N) is 2. The van der Waals surface area contributed by atoms with Crippen molar-refractivity contribution in [1.82, 2.24) is 37.0 Å². The lowest BCUT2D eigenvalue weighted by molar-refractivity contribution is -0.127. The van der Waals surface area contributed by atoms with E-state index in [-0.39, 0.29) is 48.8 Å². The zero-order valence-corrected chi connectivity index (χ0v) is 21.7. The molecule has 36 heavy (non-hydrogen) atoms. The number of hydrogen-bond acceptors (Lipinski definition) is 10. The molecule has 2 saturated heterocycles. The summed E-state index contributed by atoms with van der Waals surface area (Å²) in [6, 6.07) is 2.43. The third-order valence-corrected chi connectivity index (χ3v) is 8.58. The molecule has 0 aromatic carbocycles. The molecule has 0 spiro atoms. The number of nitriles is 1. The Morgan fingerprint density at radius 1 is 1.19 bits per heavy atom. The van der Waals surface area contributed by atoms with Crippen LogP contribution in [-0.4, -0.2) is 92.5 Å². The predicted molar refractivity (Wildman–Crippen MR) is 136 cm³/mol. The standard InChI is InChI=1S/C25H46N8O3/c1-36-22-8-3-2-7-19(22)21(14-26)30-25(35)17-5-4-6-18(13-17)28-15-23-31-32-24(33(23)11-12-34)20-9-10-27-16-29-20/h17-24,27-29,31-32,34H,2-13,15-16H2,1H3,(H,30,35)/t17?,18?,19?,20?,21-,22?,23?,24?/m0/s1. The summed E-state index contributed by atoms with van der Waals surface area (Å²) in [4.78, 5) is 15.5. The van der Waals surface area contributed by atoms with Gasteiger partial charge in [-0.1, -0.05) is 19.3 Å². The van der Waals surface area contributed by atoms with Crippen LogP contribution in [0.4, 0.5) is 0 Å².